The molecular formula is C17H22N6O2. The number of hydrogen-bond donors (Lipinski definition) is 0. The first-order valence-corrected chi connectivity index (χ1v) is 8.28. The summed E-state index contributed by atoms with van der Waals surface area (Å²) in [5.41, 5.74) is 1.47. The number of carbonyl (C=O) groups excluding carboxylic acids is 2. The molecule has 1 fully saturated rings. The summed E-state index contributed by atoms with van der Waals surface area (Å²) in [5.74, 6) is 0.301. The van der Waals surface area contributed by atoms with Crippen LogP contribution in [-0.2, 0) is 18.4 Å². The quantitative estimate of drug-likeness (QED) is 0.833. The summed E-state index contributed by atoms with van der Waals surface area (Å²) in [6.45, 7) is 2.59. The molecule has 1 atom stereocenters. The zero-order valence-corrected chi connectivity index (χ0v) is 14.7. The van der Waals surface area contributed by atoms with Gasteiger partial charge in [0, 0.05) is 40.0 Å². The molecule has 0 saturated carbocycles. The van der Waals surface area contributed by atoms with Gasteiger partial charge in [-0.1, -0.05) is 0 Å². The SMILES string of the molecule is CC(=O)N(C)Cc1cncc(C2CCCN2C(=O)c2nccn2C)n1. The van der Waals surface area contributed by atoms with E-state index in [-0.39, 0.29) is 17.9 Å². The van der Waals surface area contributed by atoms with Crippen LogP contribution >= 0.6 is 0 Å². The lowest BCUT2D eigenvalue weighted by molar-refractivity contribution is -0.128. The van der Waals surface area contributed by atoms with Gasteiger partial charge in [-0.15, -0.1) is 0 Å². The second-order valence-electron chi connectivity index (χ2n) is 6.33. The van der Waals surface area contributed by atoms with E-state index in [1.54, 1.807) is 41.3 Å². The van der Waals surface area contributed by atoms with Crippen molar-refractivity contribution in [2.45, 2.75) is 32.4 Å². The van der Waals surface area contributed by atoms with Crippen molar-refractivity contribution < 1.29 is 9.59 Å². The zero-order chi connectivity index (χ0) is 18.0. The topological polar surface area (TPSA) is 84.2 Å². The highest BCUT2D eigenvalue weighted by Crippen LogP contribution is 2.31. The monoisotopic (exact) mass is 342 g/mol. The fourth-order valence-electron chi connectivity index (χ4n) is 3.03. The summed E-state index contributed by atoms with van der Waals surface area (Å²) in [4.78, 5) is 40.7. The summed E-state index contributed by atoms with van der Waals surface area (Å²) in [6.07, 6.45) is 8.50. The Hall–Kier alpha value is -2.77. The normalized spacial score (nSPS) is 16.9. The van der Waals surface area contributed by atoms with E-state index in [0.717, 1.165) is 18.5 Å². The highest BCUT2D eigenvalue weighted by molar-refractivity contribution is 5.91. The molecule has 1 unspecified atom stereocenters. The van der Waals surface area contributed by atoms with Gasteiger partial charge in [0.1, 0.15) is 0 Å². The van der Waals surface area contributed by atoms with E-state index < -0.39 is 0 Å². The molecule has 2 aromatic heterocycles. The van der Waals surface area contributed by atoms with Crippen molar-refractivity contribution in [3.8, 4) is 0 Å². The van der Waals surface area contributed by atoms with E-state index >= 15 is 0 Å². The van der Waals surface area contributed by atoms with Crippen LogP contribution < -0.4 is 0 Å². The van der Waals surface area contributed by atoms with Crippen LogP contribution in [0.1, 0.15) is 47.8 Å². The van der Waals surface area contributed by atoms with Crippen LogP contribution in [0, 0.1) is 0 Å². The molecule has 3 rings (SSSR count). The molecule has 0 aromatic carbocycles. The first-order valence-electron chi connectivity index (χ1n) is 8.28. The molecule has 8 nitrogen and oxygen atoms in total. The maximum atomic E-state index is 12.8. The van der Waals surface area contributed by atoms with Crippen molar-refractivity contribution in [2.24, 2.45) is 7.05 Å². The number of likely N-dealkylation sites (tertiary alicyclic amines) is 1. The first kappa shape index (κ1) is 17.1. The van der Waals surface area contributed by atoms with Crippen molar-refractivity contribution in [3.63, 3.8) is 0 Å². The number of aromatic nitrogens is 4. The number of aryl methyl sites for hydroxylation is 1. The molecule has 0 bridgehead atoms. The maximum absolute atomic E-state index is 12.8. The average Bonchev–Trinajstić information content (AvgIpc) is 3.23. The minimum absolute atomic E-state index is 0.0281. The molecular weight excluding hydrogens is 320 g/mol. The molecule has 1 saturated heterocycles. The fraction of sp³-hybridized carbons (Fsp3) is 0.471. The van der Waals surface area contributed by atoms with Crippen LogP contribution in [0.2, 0.25) is 0 Å². The van der Waals surface area contributed by atoms with E-state index in [9.17, 15) is 9.59 Å². The lowest BCUT2D eigenvalue weighted by Crippen LogP contribution is -2.33. The predicted molar refractivity (Wildman–Crippen MR) is 90.4 cm³/mol. The van der Waals surface area contributed by atoms with Gasteiger partial charge >= 0.3 is 0 Å². The first-order chi connectivity index (χ1) is 12.0. The van der Waals surface area contributed by atoms with Crippen LogP contribution in [-0.4, -0.2) is 54.7 Å². The molecule has 0 N–H and O–H groups in total. The Labute approximate surface area is 146 Å². The lowest BCUT2D eigenvalue weighted by atomic mass is 10.1. The third-order valence-corrected chi connectivity index (χ3v) is 4.51. The molecule has 2 aromatic rings. The minimum atomic E-state index is -0.112. The molecule has 3 heterocycles. The summed E-state index contributed by atoms with van der Waals surface area (Å²) in [5, 5.41) is 0. The van der Waals surface area contributed by atoms with Gasteiger partial charge in [-0.3, -0.25) is 19.6 Å². The molecule has 1 aliphatic heterocycles. The highest BCUT2D eigenvalue weighted by Gasteiger charge is 2.33. The molecule has 25 heavy (non-hydrogen) atoms. The maximum Gasteiger partial charge on any atom is 0.290 e. The number of imidazole rings is 1. The van der Waals surface area contributed by atoms with Gasteiger partial charge in [-0.05, 0) is 12.8 Å². The van der Waals surface area contributed by atoms with E-state index in [1.165, 1.54) is 6.92 Å². The van der Waals surface area contributed by atoms with Crippen molar-refractivity contribution >= 4 is 11.8 Å². The van der Waals surface area contributed by atoms with Crippen molar-refractivity contribution in [3.05, 3.63) is 42.0 Å². The van der Waals surface area contributed by atoms with E-state index in [1.807, 2.05) is 11.9 Å². The largest absolute Gasteiger partial charge is 0.340 e. The molecule has 0 spiro atoms. The minimum Gasteiger partial charge on any atom is -0.340 e. The number of amides is 2. The third kappa shape index (κ3) is 3.52. The number of rotatable bonds is 4. The predicted octanol–water partition coefficient (Wildman–Crippen LogP) is 1.17. The third-order valence-electron chi connectivity index (χ3n) is 4.51. The smallest absolute Gasteiger partial charge is 0.290 e. The van der Waals surface area contributed by atoms with Crippen LogP contribution in [0.4, 0.5) is 0 Å². The Balaban J connectivity index is 1.82. The molecule has 0 radical (unpaired) electrons. The fourth-order valence-corrected chi connectivity index (χ4v) is 3.03. The van der Waals surface area contributed by atoms with Gasteiger partial charge in [0.05, 0.1) is 36.4 Å². The second-order valence-corrected chi connectivity index (χ2v) is 6.33. The zero-order valence-electron chi connectivity index (χ0n) is 14.7. The standard InChI is InChI=1S/C17H22N6O2/c1-12(24)22(3)11-13-9-18-10-14(20-13)15-5-4-7-23(15)17(25)16-19-6-8-21(16)2/h6,8-10,15H,4-5,7,11H2,1-3H3. The van der Waals surface area contributed by atoms with Crippen LogP contribution in [0.15, 0.2) is 24.8 Å². The highest BCUT2D eigenvalue weighted by atomic mass is 16.2. The molecule has 1 aliphatic rings. The Morgan fingerprint density at radius 3 is 2.84 bits per heavy atom. The Morgan fingerprint density at radius 2 is 2.16 bits per heavy atom. The van der Waals surface area contributed by atoms with Crippen molar-refractivity contribution in [1.29, 1.82) is 0 Å². The second kappa shape index (κ2) is 7.00. The van der Waals surface area contributed by atoms with Gasteiger partial charge in [-0.2, -0.15) is 0 Å². The Morgan fingerprint density at radius 1 is 1.36 bits per heavy atom. The summed E-state index contributed by atoms with van der Waals surface area (Å²) in [7, 11) is 3.53. The van der Waals surface area contributed by atoms with Gasteiger partial charge in [-0.25, -0.2) is 4.98 Å². The molecule has 2 amide bonds. The van der Waals surface area contributed by atoms with Gasteiger partial charge in [0.25, 0.3) is 5.91 Å². The number of carbonyl (C=O) groups is 2. The van der Waals surface area contributed by atoms with Crippen molar-refractivity contribution in [2.75, 3.05) is 13.6 Å². The van der Waals surface area contributed by atoms with Gasteiger partial charge in [0.2, 0.25) is 5.91 Å². The number of nitrogens with zero attached hydrogens (tertiary/aromatic N) is 6. The molecule has 0 aliphatic carbocycles. The lowest BCUT2D eigenvalue weighted by Gasteiger charge is -2.24. The Bertz CT molecular complexity index is 787. The average molecular weight is 342 g/mol. The van der Waals surface area contributed by atoms with E-state index in [4.69, 9.17) is 0 Å². The van der Waals surface area contributed by atoms with Crippen LogP contribution in [0.5, 0.6) is 0 Å². The molecule has 132 valence electrons. The van der Waals surface area contributed by atoms with Crippen LogP contribution in [0.25, 0.3) is 0 Å². The Kier molecular flexibility index (Phi) is 4.78. The van der Waals surface area contributed by atoms with E-state index in [0.29, 0.717) is 24.6 Å². The van der Waals surface area contributed by atoms with Crippen LogP contribution in [0.3, 0.4) is 0 Å². The summed E-state index contributed by atoms with van der Waals surface area (Å²) in [6, 6.07) is -0.112. The van der Waals surface area contributed by atoms with Crippen molar-refractivity contribution in [1.82, 2.24) is 29.3 Å². The summed E-state index contributed by atoms with van der Waals surface area (Å²) < 4.78 is 1.72. The number of hydrogen-bond acceptors (Lipinski definition) is 5. The van der Waals surface area contributed by atoms with Gasteiger partial charge in [0.15, 0.2) is 5.82 Å². The van der Waals surface area contributed by atoms with Gasteiger partial charge < -0.3 is 14.4 Å². The summed E-state index contributed by atoms with van der Waals surface area (Å²) >= 11 is 0. The van der Waals surface area contributed by atoms with E-state index in [2.05, 4.69) is 15.0 Å². The molecule has 8 heteroatoms.